The van der Waals surface area contributed by atoms with Crippen molar-refractivity contribution in [2.24, 2.45) is 5.73 Å². The zero-order valence-electron chi connectivity index (χ0n) is 13.6. The number of hydrogen-bond acceptors (Lipinski definition) is 5. The van der Waals surface area contributed by atoms with Crippen LogP contribution in [0.25, 0.3) is 17.1 Å². The van der Waals surface area contributed by atoms with Gasteiger partial charge in [0.1, 0.15) is 5.76 Å². The van der Waals surface area contributed by atoms with Gasteiger partial charge in [-0.15, -0.1) is 0 Å². The maximum atomic E-state index is 12.8. The molecule has 1 aromatic heterocycles. The summed E-state index contributed by atoms with van der Waals surface area (Å²) < 4.78 is 38.5. The van der Waals surface area contributed by atoms with Crippen molar-refractivity contribution in [3.8, 4) is 0 Å². The van der Waals surface area contributed by atoms with Gasteiger partial charge in [-0.05, 0) is 25.1 Å². The number of aliphatic hydroxyl groups is 1. The number of fused-ring (bicyclic) bond motifs is 1. The number of allylic oxidation sites excluding steroid dienone is 4. The molecule has 6 nitrogen and oxygen atoms in total. The Balaban J connectivity index is 2.66. The van der Waals surface area contributed by atoms with E-state index in [1.54, 1.807) is 6.92 Å². The Kier molecular flexibility index (Phi) is 5.30. The second-order valence-corrected chi connectivity index (χ2v) is 5.17. The molecule has 1 aromatic carbocycles. The number of nitrogen functional groups attached to an aromatic ring is 1. The van der Waals surface area contributed by atoms with Crippen LogP contribution in [0, 0.1) is 0 Å². The summed E-state index contributed by atoms with van der Waals surface area (Å²) in [5, 5.41) is 9.33. The number of alkyl halides is 3. The molecule has 5 N–H and O–H groups in total. The standard InChI is InChI=1S/C17H15F3N4O2/c1-2-9(25)5-3-4-6-10-14(21)11(16(22)26)7-12-15(10)23-8-13(24-12)17(18,19)20/h2-8,25H,21H2,1H3,(H2,22,26)/b5-3-,6-4+,9-2-. The van der Waals surface area contributed by atoms with Crippen LogP contribution in [0.2, 0.25) is 0 Å². The predicted molar refractivity (Wildman–Crippen MR) is 92.0 cm³/mol. The molecule has 0 saturated heterocycles. The Morgan fingerprint density at radius 3 is 2.58 bits per heavy atom. The van der Waals surface area contributed by atoms with Gasteiger partial charge in [-0.1, -0.05) is 18.2 Å². The molecule has 0 spiro atoms. The van der Waals surface area contributed by atoms with Gasteiger partial charge in [0.05, 0.1) is 28.5 Å². The van der Waals surface area contributed by atoms with Crippen LogP contribution in [-0.4, -0.2) is 21.0 Å². The highest BCUT2D eigenvalue weighted by Crippen LogP contribution is 2.31. The molecule has 2 rings (SSSR count). The van der Waals surface area contributed by atoms with E-state index < -0.39 is 17.8 Å². The summed E-state index contributed by atoms with van der Waals surface area (Å²) in [6.45, 7) is 1.64. The molecule has 0 bridgehead atoms. The van der Waals surface area contributed by atoms with Crippen LogP contribution < -0.4 is 11.5 Å². The number of aromatic nitrogens is 2. The molecular formula is C17H15F3N4O2. The summed E-state index contributed by atoms with van der Waals surface area (Å²) in [7, 11) is 0. The lowest BCUT2D eigenvalue weighted by atomic mass is 10.0. The summed E-state index contributed by atoms with van der Waals surface area (Å²) in [6, 6.07) is 1.08. The maximum absolute atomic E-state index is 12.8. The number of halogens is 3. The minimum Gasteiger partial charge on any atom is -0.508 e. The van der Waals surface area contributed by atoms with Gasteiger partial charge < -0.3 is 16.6 Å². The number of nitrogens with two attached hydrogens (primary N) is 2. The van der Waals surface area contributed by atoms with Gasteiger partial charge in [-0.2, -0.15) is 13.2 Å². The Morgan fingerprint density at radius 2 is 2.00 bits per heavy atom. The Labute approximate surface area is 146 Å². The number of amides is 1. The molecule has 0 unspecified atom stereocenters. The SMILES string of the molecule is C/C=C(O)/C=C\C=C\c1c(N)c(C(N)=O)cc2nc(C(F)(F)F)cnc12. The minimum absolute atomic E-state index is 0.0213. The van der Waals surface area contributed by atoms with Crippen molar-refractivity contribution in [1.29, 1.82) is 0 Å². The average Bonchev–Trinajstić information content (AvgIpc) is 2.57. The van der Waals surface area contributed by atoms with Crippen LogP contribution in [0.5, 0.6) is 0 Å². The quantitative estimate of drug-likeness (QED) is 0.437. The summed E-state index contributed by atoms with van der Waals surface area (Å²) in [6.07, 6.45) is 3.16. The van der Waals surface area contributed by atoms with E-state index in [1.807, 2.05) is 0 Å². The molecule has 0 atom stereocenters. The van der Waals surface area contributed by atoms with Crippen molar-refractivity contribution in [1.82, 2.24) is 9.97 Å². The number of anilines is 1. The van der Waals surface area contributed by atoms with Crippen LogP contribution in [-0.2, 0) is 6.18 Å². The Hall–Kier alpha value is -3.36. The van der Waals surface area contributed by atoms with E-state index in [0.717, 1.165) is 6.07 Å². The molecular weight excluding hydrogens is 349 g/mol. The number of carbonyl (C=O) groups excluding carboxylic acids is 1. The van der Waals surface area contributed by atoms with Crippen LogP contribution in [0.15, 0.2) is 42.3 Å². The largest absolute Gasteiger partial charge is 0.508 e. The van der Waals surface area contributed by atoms with Gasteiger partial charge in [0.25, 0.3) is 5.91 Å². The topological polar surface area (TPSA) is 115 Å². The van der Waals surface area contributed by atoms with E-state index in [4.69, 9.17) is 11.5 Å². The van der Waals surface area contributed by atoms with Gasteiger partial charge >= 0.3 is 6.18 Å². The van der Waals surface area contributed by atoms with Crippen molar-refractivity contribution in [2.45, 2.75) is 13.1 Å². The molecule has 0 radical (unpaired) electrons. The molecule has 136 valence electrons. The molecule has 0 aliphatic heterocycles. The molecule has 0 saturated carbocycles. The highest BCUT2D eigenvalue weighted by atomic mass is 19.4. The van der Waals surface area contributed by atoms with Gasteiger partial charge in [0.2, 0.25) is 0 Å². The van der Waals surface area contributed by atoms with Gasteiger partial charge in [0.15, 0.2) is 5.69 Å². The van der Waals surface area contributed by atoms with Crippen molar-refractivity contribution in [3.63, 3.8) is 0 Å². The number of aliphatic hydroxyl groups excluding tert-OH is 1. The normalized spacial score (nSPS) is 13.2. The fourth-order valence-electron chi connectivity index (χ4n) is 2.11. The van der Waals surface area contributed by atoms with Gasteiger partial charge in [-0.25, -0.2) is 4.98 Å². The van der Waals surface area contributed by atoms with Crippen molar-refractivity contribution in [3.05, 3.63) is 59.1 Å². The molecule has 0 fully saturated rings. The number of benzene rings is 1. The summed E-state index contributed by atoms with van der Waals surface area (Å²) in [5.74, 6) is -0.881. The summed E-state index contributed by atoms with van der Waals surface area (Å²) >= 11 is 0. The second kappa shape index (κ2) is 7.26. The molecule has 26 heavy (non-hydrogen) atoms. The monoisotopic (exact) mass is 364 g/mol. The Morgan fingerprint density at radius 1 is 1.31 bits per heavy atom. The number of primary amides is 1. The lowest BCUT2D eigenvalue weighted by molar-refractivity contribution is -0.141. The Bertz CT molecular complexity index is 947. The van der Waals surface area contributed by atoms with Gasteiger partial charge in [-0.3, -0.25) is 9.78 Å². The number of hydrogen-bond donors (Lipinski definition) is 3. The number of nitrogens with zero attached hydrogens (tertiary/aromatic N) is 2. The first-order chi connectivity index (χ1) is 12.1. The van der Waals surface area contributed by atoms with Crippen LogP contribution in [0.4, 0.5) is 18.9 Å². The van der Waals surface area contributed by atoms with Crippen LogP contribution in [0.3, 0.4) is 0 Å². The maximum Gasteiger partial charge on any atom is 0.434 e. The second-order valence-electron chi connectivity index (χ2n) is 5.17. The zero-order valence-corrected chi connectivity index (χ0v) is 13.6. The molecule has 1 amide bonds. The highest BCUT2D eigenvalue weighted by molar-refractivity contribution is 6.05. The highest BCUT2D eigenvalue weighted by Gasteiger charge is 2.33. The third kappa shape index (κ3) is 4.00. The third-order valence-corrected chi connectivity index (χ3v) is 3.41. The molecule has 2 aromatic rings. The average molecular weight is 364 g/mol. The fraction of sp³-hybridized carbons (Fsp3) is 0.118. The predicted octanol–water partition coefficient (Wildman–Crippen LogP) is 3.36. The molecule has 9 heteroatoms. The van der Waals surface area contributed by atoms with E-state index in [-0.39, 0.29) is 33.6 Å². The number of carbonyl (C=O) groups is 1. The van der Waals surface area contributed by atoms with E-state index in [2.05, 4.69) is 9.97 Å². The third-order valence-electron chi connectivity index (χ3n) is 3.41. The van der Waals surface area contributed by atoms with Gasteiger partial charge in [0, 0.05) is 5.56 Å². The van der Waals surface area contributed by atoms with E-state index >= 15 is 0 Å². The summed E-state index contributed by atoms with van der Waals surface area (Å²) in [5.41, 5.74) is 9.89. The van der Waals surface area contributed by atoms with Crippen LogP contribution >= 0.6 is 0 Å². The molecule has 1 heterocycles. The lowest BCUT2D eigenvalue weighted by Gasteiger charge is -2.11. The first-order valence-corrected chi connectivity index (χ1v) is 7.31. The van der Waals surface area contributed by atoms with Crippen LogP contribution in [0.1, 0.15) is 28.5 Å². The van der Waals surface area contributed by atoms with E-state index in [0.29, 0.717) is 6.20 Å². The first-order valence-electron chi connectivity index (χ1n) is 7.31. The smallest absolute Gasteiger partial charge is 0.434 e. The van der Waals surface area contributed by atoms with E-state index in [9.17, 15) is 23.1 Å². The molecule has 0 aliphatic rings. The summed E-state index contributed by atoms with van der Waals surface area (Å²) in [4.78, 5) is 18.8. The van der Waals surface area contributed by atoms with Crippen molar-refractivity contribution in [2.75, 3.05) is 5.73 Å². The van der Waals surface area contributed by atoms with Crippen molar-refractivity contribution >= 4 is 28.7 Å². The molecule has 0 aliphatic carbocycles. The minimum atomic E-state index is -4.68. The lowest BCUT2D eigenvalue weighted by Crippen LogP contribution is -2.15. The zero-order chi connectivity index (χ0) is 19.5. The fourth-order valence-corrected chi connectivity index (χ4v) is 2.11. The van der Waals surface area contributed by atoms with Crippen molar-refractivity contribution < 1.29 is 23.1 Å². The number of rotatable bonds is 4. The first kappa shape index (κ1) is 19.0. The van der Waals surface area contributed by atoms with E-state index in [1.165, 1.54) is 30.4 Å².